The molecule has 1 rings (SSSR count). The molecule has 1 aromatic rings. The summed E-state index contributed by atoms with van der Waals surface area (Å²) in [4.78, 5) is 6.53. The molecule has 0 aliphatic carbocycles. The molecule has 5 heteroatoms. The van der Waals surface area contributed by atoms with Gasteiger partial charge in [0.05, 0.1) is 0 Å². The zero-order valence-corrected chi connectivity index (χ0v) is 13.2. The van der Waals surface area contributed by atoms with Crippen molar-refractivity contribution in [3.8, 4) is 0 Å². The van der Waals surface area contributed by atoms with Crippen LogP contribution in [-0.4, -0.2) is 71.7 Å². The molecular formula is C13H27BLiN3. The minimum atomic E-state index is 0. The van der Waals surface area contributed by atoms with E-state index in [2.05, 4.69) is 81.0 Å². The van der Waals surface area contributed by atoms with Gasteiger partial charge in [0.1, 0.15) is 0 Å². The molecule has 0 atom stereocenters. The first kappa shape index (κ1) is 20.1. The molecule has 98 valence electrons. The summed E-state index contributed by atoms with van der Waals surface area (Å²) in [6.45, 7) is 2.79. The second kappa shape index (κ2) is 11.8. The van der Waals surface area contributed by atoms with Gasteiger partial charge in [0.2, 0.25) is 0 Å². The Kier molecular flexibility index (Phi) is 13.2. The van der Waals surface area contributed by atoms with Gasteiger partial charge in [-0.15, -0.1) is 12.1 Å². The van der Waals surface area contributed by atoms with Crippen molar-refractivity contribution in [3.05, 3.63) is 30.1 Å². The van der Waals surface area contributed by atoms with E-state index < -0.39 is 0 Å². The van der Waals surface area contributed by atoms with E-state index in [0.717, 1.165) is 13.1 Å². The summed E-state index contributed by atoms with van der Waals surface area (Å²) in [5.41, 5.74) is 0. The summed E-state index contributed by atoms with van der Waals surface area (Å²) >= 11 is 0. The van der Waals surface area contributed by atoms with Crippen molar-refractivity contribution in [1.29, 1.82) is 0 Å². The molecule has 0 saturated carbocycles. The normalized spacial score (nSPS) is 9.56. The Morgan fingerprint density at radius 3 is 1.33 bits per heavy atom. The van der Waals surface area contributed by atoms with Crippen molar-refractivity contribution in [3.63, 3.8) is 0 Å². The molecule has 0 amide bonds. The van der Waals surface area contributed by atoms with Crippen LogP contribution >= 0.6 is 0 Å². The average Bonchev–Trinajstić information content (AvgIpc) is 2.28. The molecular weight excluding hydrogens is 216 g/mol. The minimum absolute atomic E-state index is 0. The van der Waals surface area contributed by atoms with Crippen molar-refractivity contribution in [2.45, 2.75) is 0 Å². The van der Waals surface area contributed by atoms with E-state index in [9.17, 15) is 0 Å². The molecule has 0 N–H and O–H groups in total. The van der Waals surface area contributed by atoms with Gasteiger partial charge in [-0.2, -0.15) is 0 Å². The zero-order valence-electron chi connectivity index (χ0n) is 13.2. The van der Waals surface area contributed by atoms with E-state index in [1.54, 1.807) is 0 Å². The summed E-state index contributed by atoms with van der Waals surface area (Å²) in [5.74, 6) is 4.33. The van der Waals surface area contributed by atoms with Crippen molar-refractivity contribution >= 4 is 6.48 Å². The van der Waals surface area contributed by atoms with Crippen LogP contribution in [0.3, 0.4) is 0 Å². The topological polar surface area (TPSA) is 9.72 Å². The van der Waals surface area contributed by atoms with Crippen LogP contribution in [-0.2, 0) is 0 Å². The average molecular weight is 243 g/mol. The van der Waals surface area contributed by atoms with E-state index in [1.165, 1.54) is 0 Å². The van der Waals surface area contributed by atoms with Crippen LogP contribution in [0.1, 0.15) is 0 Å². The molecule has 3 nitrogen and oxygen atoms in total. The summed E-state index contributed by atoms with van der Waals surface area (Å²) in [6.07, 6.45) is 0. The zero-order chi connectivity index (χ0) is 13.3. The standard InChI is InChI=1S/C7H11BN.C6H16N2.Li/c1-9(2)8-6-4-3-5-7-8;1-7(2)5-6-8(3)4;/h3-7H,1-2H3;5-6H2,1-4H3;/q-1;;+1. The molecule has 0 saturated heterocycles. The van der Waals surface area contributed by atoms with Crippen LogP contribution in [0.4, 0.5) is 0 Å². The number of hydrogen-bond acceptors (Lipinski definition) is 3. The molecule has 0 bridgehead atoms. The fraction of sp³-hybridized carbons (Fsp3) is 0.615. The Labute approximate surface area is 125 Å². The van der Waals surface area contributed by atoms with Gasteiger partial charge in [-0.25, -0.2) is 11.9 Å². The molecule has 0 fully saturated rings. The van der Waals surface area contributed by atoms with Crippen LogP contribution in [0.5, 0.6) is 0 Å². The number of likely N-dealkylation sites (N-methyl/N-ethyl adjacent to an activating group) is 2. The summed E-state index contributed by atoms with van der Waals surface area (Å²) < 4.78 is 0. The number of hydrogen-bond donors (Lipinski definition) is 0. The van der Waals surface area contributed by atoms with Gasteiger partial charge in [0, 0.05) is 13.1 Å². The second-order valence-corrected chi connectivity index (χ2v) is 5.02. The van der Waals surface area contributed by atoms with Gasteiger partial charge in [0.25, 0.3) is 0 Å². The number of rotatable bonds is 4. The Bertz CT molecular complexity index is 271. The third-order valence-electron chi connectivity index (χ3n) is 2.43. The Morgan fingerprint density at radius 1 is 0.722 bits per heavy atom. The summed E-state index contributed by atoms with van der Waals surface area (Å²) in [5, 5.41) is 0. The predicted molar refractivity (Wildman–Crippen MR) is 79.6 cm³/mol. The van der Waals surface area contributed by atoms with Crippen LogP contribution in [0.25, 0.3) is 0 Å². The van der Waals surface area contributed by atoms with E-state index in [4.69, 9.17) is 0 Å². The molecule has 0 aliphatic rings. The van der Waals surface area contributed by atoms with Crippen molar-refractivity contribution in [1.82, 2.24) is 9.80 Å². The van der Waals surface area contributed by atoms with Crippen molar-refractivity contribution < 1.29 is 18.9 Å². The maximum atomic E-state index is 2.18. The predicted octanol–water partition coefficient (Wildman–Crippen LogP) is -1.98. The van der Waals surface area contributed by atoms with Gasteiger partial charge in [-0.05, 0) is 48.8 Å². The van der Waals surface area contributed by atoms with E-state index in [1.807, 2.05) is 6.07 Å². The number of nitrogens with zero attached hydrogens (tertiary/aromatic N) is 3. The molecule has 0 unspecified atom stereocenters. The van der Waals surface area contributed by atoms with Crippen molar-refractivity contribution in [2.24, 2.45) is 0 Å². The molecule has 1 heterocycles. The van der Waals surface area contributed by atoms with Gasteiger partial charge in [-0.3, -0.25) is 0 Å². The molecule has 0 aromatic carbocycles. The monoisotopic (exact) mass is 243 g/mol. The largest absolute Gasteiger partial charge is 1.00 e. The van der Waals surface area contributed by atoms with Crippen LogP contribution in [0.15, 0.2) is 30.1 Å². The fourth-order valence-electron chi connectivity index (χ4n) is 1.23. The van der Waals surface area contributed by atoms with Gasteiger partial charge >= 0.3 is 18.9 Å². The molecule has 0 radical (unpaired) electrons. The van der Waals surface area contributed by atoms with Crippen LogP contribution in [0.2, 0.25) is 0 Å². The van der Waals surface area contributed by atoms with E-state index >= 15 is 0 Å². The van der Waals surface area contributed by atoms with Gasteiger partial charge in [-0.1, -0.05) is 6.07 Å². The third-order valence-corrected chi connectivity index (χ3v) is 2.43. The molecule has 0 aliphatic heterocycles. The maximum Gasteiger partial charge on any atom is 1.00 e. The minimum Gasteiger partial charge on any atom is -0.588 e. The third kappa shape index (κ3) is 12.2. The SMILES string of the molecule is CN(C)CCN(C)C.CN(C)[b-]1ccccc1.[Li+]. The van der Waals surface area contributed by atoms with Crippen molar-refractivity contribution in [2.75, 3.05) is 60.2 Å². The van der Waals surface area contributed by atoms with Gasteiger partial charge < -0.3 is 14.6 Å². The first-order valence-electron chi connectivity index (χ1n) is 6.07. The summed E-state index contributed by atoms with van der Waals surface area (Å²) in [6, 6.07) is 6.19. The molecule has 0 spiro atoms. The van der Waals surface area contributed by atoms with E-state index in [0.29, 0.717) is 6.48 Å². The smallest absolute Gasteiger partial charge is 0.588 e. The van der Waals surface area contributed by atoms with Crippen LogP contribution in [0, 0.1) is 0 Å². The fourth-order valence-corrected chi connectivity index (χ4v) is 1.23. The first-order valence-corrected chi connectivity index (χ1v) is 6.07. The van der Waals surface area contributed by atoms with Crippen LogP contribution < -0.4 is 23.7 Å². The molecule has 18 heavy (non-hydrogen) atoms. The van der Waals surface area contributed by atoms with E-state index in [-0.39, 0.29) is 18.9 Å². The summed E-state index contributed by atoms with van der Waals surface area (Å²) in [7, 11) is 12.5. The quantitative estimate of drug-likeness (QED) is 0.568. The maximum absolute atomic E-state index is 2.18. The second-order valence-electron chi connectivity index (χ2n) is 5.02. The Morgan fingerprint density at radius 2 is 1.11 bits per heavy atom. The molecule has 1 aromatic heterocycles. The Hall–Kier alpha value is -0.268. The van der Waals surface area contributed by atoms with Gasteiger partial charge in [0.15, 0.2) is 0 Å². The first-order chi connectivity index (χ1) is 7.93. The Balaban J connectivity index is 0.